The molecule has 4 rings (SSSR count). The summed E-state index contributed by atoms with van der Waals surface area (Å²) in [5, 5.41) is 9.49. The number of aryl methyl sites for hydroxylation is 1. The van der Waals surface area contributed by atoms with E-state index in [-0.39, 0.29) is 23.4 Å². The second-order valence-electron chi connectivity index (χ2n) is 7.19. The number of carbonyl (C=O) groups excluding carboxylic acids is 2. The molecule has 0 aliphatic heterocycles. The van der Waals surface area contributed by atoms with Gasteiger partial charge < -0.3 is 15.8 Å². The van der Waals surface area contributed by atoms with Crippen molar-refractivity contribution in [2.45, 2.75) is 6.92 Å². The first kappa shape index (κ1) is 22.3. The van der Waals surface area contributed by atoms with E-state index >= 15 is 0 Å². The van der Waals surface area contributed by atoms with Crippen LogP contribution in [0.1, 0.15) is 16.2 Å². The average molecular weight is 458 g/mol. The number of rotatable bonds is 7. The molecule has 0 saturated heterocycles. The summed E-state index contributed by atoms with van der Waals surface area (Å²) in [6.45, 7) is 5.17. The lowest BCUT2D eigenvalue weighted by molar-refractivity contribution is -0.111. The van der Waals surface area contributed by atoms with Gasteiger partial charge in [0.1, 0.15) is 11.4 Å². The van der Waals surface area contributed by atoms with E-state index < -0.39 is 11.7 Å². The molecular formula is C24H19FN6O3. The highest BCUT2D eigenvalue weighted by Gasteiger charge is 2.21. The van der Waals surface area contributed by atoms with Gasteiger partial charge in [-0.3, -0.25) is 14.7 Å². The molecule has 170 valence electrons. The zero-order valence-electron chi connectivity index (χ0n) is 18.0. The molecule has 9 nitrogen and oxygen atoms in total. The van der Waals surface area contributed by atoms with Crippen LogP contribution in [0.15, 0.2) is 67.4 Å². The third-order valence-corrected chi connectivity index (χ3v) is 4.82. The number of nitrogens with two attached hydrogens (primary N) is 1. The topological polar surface area (TPSA) is 136 Å². The minimum Gasteiger partial charge on any atom is -0.421 e. The summed E-state index contributed by atoms with van der Waals surface area (Å²) in [6, 6.07) is 12.6. The number of aromatic amines is 1. The van der Waals surface area contributed by atoms with E-state index in [4.69, 9.17) is 10.5 Å². The molecule has 4 N–H and O–H groups in total. The first-order chi connectivity index (χ1) is 16.4. The summed E-state index contributed by atoms with van der Waals surface area (Å²) in [5.41, 5.74) is 8.44. The molecular weight excluding hydrogens is 439 g/mol. The van der Waals surface area contributed by atoms with Crippen LogP contribution in [0.4, 0.5) is 10.1 Å². The van der Waals surface area contributed by atoms with Gasteiger partial charge in [-0.2, -0.15) is 5.10 Å². The van der Waals surface area contributed by atoms with Crippen molar-refractivity contribution in [1.29, 1.82) is 0 Å². The number of anilines is 1. The van der Waals surface area contributed by atoms with Crippen molar-refractivity contribution in [3.8, 4) is 34.1 Å². The molecule has 34 heavy (non-hydrogen) atoms. The van der Waals surface area contributed by atoms with Crippen molar-refractivity contribution in [2.24, 2.45) is 5.73 Å². The van der Waals surface area contributed by atoms with Gasteiger partial charge in [0.05, 0.1) is 0 Å². The third-order valence-electron chi connectivity index (χ3n) is 4.82. The molecule has 2 amide bonds. The first-order valence-electron chi connectivity index (χ1n) is 10.0. The van der Waals surface area contributed by atoms with Crippen molar-refractivity contribution in [1.82, 2.24) is 20.2 Å². The van der Waals surface area contributed by atoms with Crippen LogP contribution in [0.5, 0.6) is 11.8 Å². The van der Waals surface area contributed by atoms with Crippen molar-refractivity contribution >= 4 is 17.5 Å². The van der Waals surface area contributed by atoms with Gasteiger partial charge in [0.25, 0.3) is 5.91 Å². The number of nitrogens with zero attached hydrogens (tertiary/aromatic N) is 3. The van der Waals surface area contributed by atoms with E-state index in [2.05, 4.69) is 32.1 Å². The Morgan fingerprint density at radius 3 is 2.53 bits per heavy atom. The molecule has 0 atom stereocenters. The summed E-state index contributed by atoms with van der Waals surface area (Å²) in [4.78, 5) is 31.6. The van der Waals surface area contributed by atoms with Gasteiger partial charge in [0.2, 0.25) is 5.91 Å². The van der Waals surface area contributed by atoms with E-state index in [9.17, 15) is 14.0 Å². The van der Waals surface area contributed by atoms with Gasteiger partial charge in [-0.15, -0.1) is 0 Å². The van der Waals surface area contributed by atoms with Crippen LogP contribution in [0.25, 0.3) is 22.4 Å². The standard InChI is InChI=1S/C24H19FN6O3/c1-3-19(32)29-16-7-4-14(5-8-16)21-20(22(23(26)33)31-30-21)15-6-9-18(17(25)12-15)34-24-27-11-10-13(2)28-24/h3-12H,1H2,2H3,(H2,26,33)(H,29,32)(H,30,31). The maximum Gasteiger partial charge on any atom is 0.322 e. The number of carbonyl (C=O) groups is 2. The van der Waals surface area contributed by atoms with Crippen LogP contribution in [-0.2, 0) is 4.79 Å². The Balaban J connectivity index is 1.70. The maximum atomic E-state index is 14.9. The van der Waals surface area contributed by atoms with Crippen LogP contribution >= 0.6 is 0 Å². The Labute approximate surface area is 193 Å². The summed E-state index contributed by atoms with van der Waals surface area (Å²) in [6.07, 6.45) is 2.67. The smallest absolute Gasteiger partial charge is 0.322 e. The van der Waals surface area contributed by atoms with Gasteiger partial charge in [0, 0.05) is 28.7 Å². The minimum absolute atomic E-state index is 0.0112. The summed E-state index contributed by atoms with van der Waals surface area (Å²) in [5.74, 6) is -1.87. The molecule has 4 aromatic rings. The molecule has 0 fully saturated rings. The first-order valence-corrected chi connectivity index (χ1v) is 10.0. The van der Waals surface area contributed by atoms with E-state index in [0.717, 1.165) is 6.08 Å². The highest BCUT2D eigenvalue weighted by atomic mass is 19.1. The molecule has 0 spiro atoms. The highest BCUT2D eigenvalue weighted by molar-refractivity contribution is 6.02. The van der Waals surface area contributed by atoms with Crippen LogP contribution in [-0.4, -0.2) is 32.0 Å². The molecule has 0 radical (unpaired) electrons. The molecule has 2 aromatic heterocycles. The zero-order valence-corrected chi connectivity index (χ0v) is 18.0. The van der Waals surface area contributed by atoms with Gasteiger partial charge in [0.15, 0.2) is 11.6 Å². The lowest BCUT2D eigenvalue weighted by atomic mass is 9.98. The fourth-order valence-corrected chi connectivity index (χ4v) is 3.23. The van der Waals surface area contributed by atoms with Gasteiger partial charge in [-0.25, -0.2) is 14.4 Å². The largest absolute Gasteiger partial charge is 0.421 e. The number of aromatic nitrogens is 4. The fourth-order valence-electron chi connectivity index (χ4n) is 3.23. The minimum atomic E-state index is -0.752. The Bertz CT molecular complexity index is 1400. The average Bonchev–Trinajstić information content (AvgIpc) is 3.26. The Hall–Kier alpha value is -4.86. The van der Waals surface area contributed by atoms with Crippen LogP contribution < -0.4 is 15.8 Å². The number of hydrogen-bond acceptors (Lipinski definition) is 6. The van der Waals surface area contributed by atoms with Crippen LogP contribution in [0, 0.1) is 12.7 Å². The van der Waals surface area contributed by atoms with Crippen molar-refractivity contribution < 1.29 is 18.7 Å². The van der Waals surface area contributed by atoms with E-state index in [1.54, 1.807) is 43.3 Å². The summed E-state index contributed by atoms with van der Waals surface area (Å²) < 4.78 is 20.4. The number of benzene rings is 2. The van der Waals surface area contributed by atoms with Crippen LogP contribution in [0.2, 0.25) is 0 Å². The van der Waals surface area contributed by atoms with E-state index in [0.29, 0.717) is 33.8 Å². The van der Waals surface area contributed by atoms with E-state index in [1.165, 1.54) is 18.3 Å². The van der Waals surface area contributed by atoms with Gasteiger partial charge in [-0.05, 0) is 48.9 Å². The molecule has 0 saturated carbocycles. The Kier molecular flexibility index (Phi) is 6.13. The Morgan fingerprint density at radius 1 is 1.15 bits per heavy atom. The molecule has 0 aliphatic carbocycles. The number of halogens is 1. The Morgan fingerprint density at radius 2 is 1.88 bits per heavy atom. The zero-order chi connectivity index (χ0) is 24.2. The summed E-state index contributed by atoms with van der Waals surface area (Å²) >= 11 is 0. The second kappa shape index (κ2) is 9.33. The van der Waals surface area contributed by atoms with Crippen molar-refractivity contribution in [2.75, 3.05) is 5.32 Å². The molecule has 2 aromatic carbocycles. The van der Waals surface area contributed by atoms with E-state index in [1.807, 2.05) is 0 Å². The van der Waals surface area contributed by atoms with Crippen molar-refractivity contribution in [3.05, 3.63) is 84.6 Å². The number of amides is 2. The number of hydrogen-bond donors (Lipinski definition) is 3. The second-order valence-corrected chi connectivity index (χ2v) is 7.19. The van der Waals surface area contributed by atoms with Gasteiger partial charge in [-0.1, -0.05) is 24.8 Å². The van der Waals surface area contributed by atoms with Crippen LogP contribution in [0.3, 0.4) is 0 Å². The molecule has 2 heterocycles. The quantitative estimate of drug-likeness (QED) is 0.358. The third kappa shape index (κ3) is 4.65. The number of H-pyrrole nitrogens is 1. The lowest BCUT2D eigenvalue weighted by Crippen LogP contribution is -2.12. The predicted molar refractivity (Wildman–Crippen MR) is 124 cm³/mol. The monoisotopic (exact) mass is 458 g/mol. The highest BCUT2D eigenvalue weighted by Crippen LogP contribution is 2.36. The number of nitrogens with one attached hydrogen (secondary N) is 2. The number of ether oxygens (including phenoxy) is 1. The lowest BCUT2D eigenvalue weighted by Gasteiger charge is -2.09. The molecule has 10 heteroatoms. The normalized spacial score (nSPS) is 10.5. The van der Waals surface area contributed by atoms with Gasteiger partial charge >= 0.3 is 6.01 Å². The molecule has 0 aliphatic rings. The SMILES string of the molecule is C=CC(=O)Nc1ccc(-c2n[nH]c(C(N)=O)c2-c2ccc(Oc3nccc(C)n3)c(F)c2)cc1. The number of primary amides is 1. The maximum absolute atomic E-state index is 14.9. The molecule has 0 bridgehead atoms. The fraction of sp³-hybridized carbons (Fsp3) is 0.0417. The predicted octanol–water partition coefficient (Wildman–Crippen LogP) is 4.00. The van der Waals surface area contributed by atoms with Crippen molar-refractivity contribution in [3.63, 3.8) is 0 Å². The summed E-state index contributed by atoms with van der Waals surface area (Å²) in [7, 11) is 0. The molecule has 0 unspecified atom stereocenters.